The summed E-state index contributed by atoms with van der Waals surface area (Å²) < 4.78 is 5.37. The van der Waals surface area contributed by atoms with Crippen LogP contribution in [0.2, 0.25) is 5.15 Å². The first-order chi connectivity index (χ1) is 12.3. The second-order valence-corrected chi connectivity index (χ2v) is 7.33. The smallest absolute Gasteiger partial charge is 0.253 e. The zero-order chi connectivity index (χ0) is 19.0. The van der Waals surface area contributed by atoms with E-state index < -0.39 is 0 Å². The highest BCUT2D eigenvalue weighted by atomic mass is 35.5. The van der Waals surface area contributed by atoms with Crippen LogP contribution in [0, 0.1) is 31.5 Å². The molecule has 3 aromatic rings. The first kappa shape index (κ1) is 18.5. The first-order valence-electron chi connectivity index (χ1n) is 8.26. The van der Waals surface area contributed by atoms with E-state index in [1.165, 1.54) is 4.68 Å². The molecule has 138 valence electrons. The number of H-pyrrole nitrogens is 1. The highest BCUT2D eigenvalue weighted by Gasteiger charge is 2.15. The van der Waals surface area contributed by atoms with E-state index in [9.17, 15) is 0 Å². The van der Waals surface area contributed by atoms with Gasteiger partial charge in [-0.15, -0.1) is 5.10 Å². The first-order valence-corrected chi connectivity index (χ1v) is 9.05. The Morgan fingerprint density at radius 3 is 2.65 bits per heavy atom. The summed E-state index contributed by atoms with van der Waals surface area (Å²) in [4.78, 5) is 0. The van der Waals surface area contributed by atoms with Crippen LogP contribution in [0.25, 0.3) is 5.95 Å². The topological polar surface area (TPSA) is 81.6 Å². The number of nitrogens with one attached hydrogen (secondary N) is 1. The van der Waals surface area contributed by atoms with E-state index in [2.05, 4.69) is 39.3 Å². The van der Waals surface area contributed by atoms with Crippen LogP contribution >= 0.6 is 23.8 Å². The fourth-order valence-corrected chi connectivity index (χ4v) is 3.12. The lowest BCUT2D eigenvalue weighted by atomic mass is 10.2. The fourth-order valence-electron chi connectivity index (χ4n) is 2.65. The van der Waals surface area contributed by atoms with Crippen LogP contribution in [0.3, 0.4) is 0 Å². The molecule has 8 nitrogen and oxygen atoms in total. The second-order valence-electron chi connectivity index (χ2n) is 6.59. The summed E-state index contributed by atoms with van der Waals surface area (Å²) in [6, 6.07) is 1.96. The van der Waals surface area contributed by atoms with Crippen LogP contribution in [0.15, 0.2) is 11.2 Å². The minimum atomic E-state index is 0.368. The van der Waals surface area contributed by atoms with Crippen molar-refractivity contribution < 1.29 is 0 Å². The van der Waals surface area contributed by atoms with Crippen molar-refractivity contribution in [2.75, 3.05) is 0 Å². The third-order valence-corrected chi connectivity index (χ3v) is 4.45. The molecule has 3 heterocycles. The van der Waals surface area contributed by atoms with Gasteiger partial charge in [-0.05, 0) is 45.0 Å². The molecule has 1 N–H and O–H groups in total. The SMILES string of the molecule is Cc1cc(C)n(-c2n[nH]c(=S)n2N=Cc2c(C)nn(CC(C)C)c2Cl)n1. The number of aromatic amines is 1. The molecule has 0 aliphatic rings. The van der Waals surface area contributed by atoms with Gasteiger partial charge in [-0.2, -0.15) is 20.0 Å². The summed E-state index contributed by atoms with van der Waals surface area (Å²) >= 11 is 11.8. The Kier molecular flexibility index (Phi) is 5.10. The molecule has 0 atom stereocenters. The quantitative estimate of drug-likeness (QED) is 0.532. The van der Waals surface area contributed by atoms with Gasteiger partial charge in [0.1, 0.15) is 5.15 Å². The van der Waals surface area contributed by atoms with Crippen LogP contribution in [-0.4, -0.2) is 40.6 Å². The maximum absolute atomic E-state index is 6.47. The van der Waals surface area contributed by atoms with Crippen molar-refractivity contribution >= 4 is 30.0 Å². The third kappa shape index (κ3) is 3.49. The van der Waals surface area contributed by atoms with Crippen molar-refractivity contribution in [2.24, 2.45) is 11.0 Å². The van der Waals surface area contributed by atoms with Crippen molar-refractivity contribution in [3.05, 3.63) is 38.6 Å². The molecule has 0 amide bonds. The number of aryl methyl sites for hydroxylation is 3. The Hall–Kier alpha value is -2.26. The zero-order valence-corrected chi connectivity index (χ0v) is 16.9. The normalized spacial score (nSPS) is 12.0. The average Bonchev–Trinajstić information content (AvgIpc) is 3.15. The molecule has 3 aromatic heterocycles. The van der Waals surface area contributed by atoms with E-state index in [4.69, 9.17) is 23.8 Å². The third-order valence-electron chi connectivity index (χ3n) is 3.78. The van der Waals surface area contributed by atoms with Crippen LogP contribution in [0.4, 0.5) is 0 Å². The molecule has 10 heteroatoms. The van der Waals surface area contributed by atoms with Crippen molar-refractivity contribution in [3.8, 4) is 5.95 Å². The fraction of sp³-hybridized carbons (Fsp3) is 0.438. The van der Waals surface area contributed by atoms with E-state index in [0.29, 0.717) is 21.8 Å². The number of aromatic nitrogens is 7. The van der Waals surface area contributed by atoms with E-state index >= 15 is 0 Å². The van der Waals surface area contributed by atoms with Crippen molar-refractivity contribution in [1.82, 2.24) is 34.4 Å². The highest BCUT2D eigenvalue weighted by Crippen LogP contribution is 2.19. The molecular formula is C16H21ClN8S. The molecule has 0 spiro atoms. The molecule has 0 radical (unpaired) electrons. The number of halogens is 1. The summed E-state index contributed by atoms with van der Waals surface area (Å²) in [7, 11) is 0. The largest absolute Gasteiger partial charge is 0.271 e. The van der Waals surface area contributed by atoms with Gasteiger partial charge in [-0.25, -0.2) is 9.78 Å². The Morgan fingerprint density at radius 2 is 2.04 bits per heavy atom. The van der Waals surface area contributed by atoms with E-state index in [-0.39, 0.29) is 0 Å². The summed E-state index contributed by atoms with van der Waals surface area (Å²) in [6.07, 6.45) is 1.65. The Labute approximate surface area is 161 Å². The molecule has 0 bridgehead atoms. The van der Waals surface area contributed by atoms with Gasteiger partial charge in [0.2, 0.25) is 4.77 Å². The monoisotopic (exact) mass is 392 g/mol. The zero-order valence-electron chi connectivity index (χ0n) is 15.4. The molecule has 0 aliphatic carbocycles. The predicted molar refractivity (Wildman–Crippen MR) is 104 cm³/mol. The Morgan fingerprint density at radius 1 is 1.31 bits per heavy atom. The van der Waals surface area contributed by atoms with Gasteiger partial charge in [-0.3, -0.25) is 4.68 Å². The van der Waals surface area contributed by atoms with Gasteiger partial charge in [-0.1, -0.05) is 25.4 Å². The van der Waals surface area contributed by atoms with Gasteiger partial charge >= 0.3 is 0 Å². The van der Waals surface area contributed by atoms with Crippen molar-refractivity contribution in [3.63, 3.8) is 0 Å². The summed E-state index contributed by atoms with van der Waals surface area (Å²) in [5.41, 5.74) is 3.39. The van der Waals surface area contributed by atoms with Crippen LogP contribution < -0.4 is 0 Å². The predicted octanol–water partition coefficient (Wildman–Crippen LogP) is 3.44. The number of hydrogen-bond acceptors (Lipinski definition) is 5. The van der Waals surface area contributed by atoms with E-state index in [1.807, 2.05) is 26.8 Å². The molecule has 0 aliphatic heterocycles. The molecule has 0 saturated heterocycles. The summed E-state index contributed by atoms with van der Waals surface area (Å²) in [6.45, 7) is 10.8. The lowest BCUT2D eigenvalue weighted by molar-refractivity contribution is 0.482. The minimum Gasteiger partial charge on any atom is -0.253 e. The average molecular weight is 393 g/mol. The van der Waals surface area contributed by atoms with Crippen molar-refractivity contribution in [2.45, 2.75) is 41.2 Å². The van der Waals surface area contributed by atoms with Gasteiger partial charge in [0.25, 0.3) is 5.95 Å². The van der Waals surface area contributed by atoms with Gasteiger partial charge in [0.15, 0.2) is 0 Å². The number of hydrogen-bond donors (Lipinski definition) is 1. The summed E-state index contributed by atoms with van der Waals surface area (Å²) in [5.74, 6) is 0.928. The molecule has 0 aromatic carbocycles. The van der Waals surface area contributed by atoms with Gasteiger partial charge in [0, 0.05) is 12.2 Å². The molecule has 3 rings (SSSR count). The maximum Gasteiger partial charge on any atom is 0.271 e. The summed E-state index contributed by atoms with van der Waals surface area (Å²) in [5, 5.41) is 20.9. The second kappa shape index (κ2) is 7.16. The van der Waals surface area contributed by atoms with Crippen LogP contribution in [-0.2, 0) is 6.54 Å². The van der Waals surface area contributed by atoms with Crippen molar-refractivity contribution in [1.29, 1.82) is 0 Å². The molecule has 0 fully saturated rings. The molecular weight excluding hydrogens is 372 g/mol. The van der Waals surface area contributed by atoms with Gasteiger partial charge < -0.3 is 0 Å². The Bertz CT molecular complexity index is 1020. The highest BCUT2D eigenvalue weighted by molar-refractivity contribution is 7.71. The maximum atomic E-state index is 6.47. The van der Waals surface area contributed by atoms with E-state index in [0.717, 1.165) is 29.2 Å². The molecule has 26 heavy (non-hydrogen) atoms. The minimum absolute atomic E-state index is 0.368. The number of rotatable bonds is 5. The molecule has 0 saturated carbocycles. The van der Waals surface area contributed by atoms with Gasteiger partial charge in [0.05, 0.1) is 23.2 Å². The molecule has 0 unspecified atom stereocenters. The van der Waals surface area contributed by atoms with E-state index in [1.54, 1.807) is 15.6 Å². The lowest BCUT2D eigenvalue weighted by Crippen LogP contribution is -2.07. The Balaban J connectivity index is 2.01. The van der Waals surface area contributed by atoms with Crippen LogP contribution in [0.1, 0.15) is 36.5 Å². The lowest BCUT2D eigenvalue weighted by Gasteiger charge is -2.05. The standard InChI is InChI=1S/C16H21ClN8S/c1-9(2)8-23-14(17)13(12(5)22-23)7-18-25-15(19-20-16(25)26)24-11(4)6-10(3)21-24/h6-7,9H,8H2,1-5H3,(H,20,26). The number of nitrogens with zero attached hydrogens (tertiary/aromatic N) is 7. The van der Waals surface area contributed by atoms with Crippen LogP contribution in [0.5, 0.6) is 0 Å².